The molecule has 1 aromatic carbocycles. The molecule has 0 amide bonds. The fourth-order valence-electron chi connectivity index (χ4n) is 1.83. The van der Waals surface area contributed by atoms with Gasteiger partial charge < -0.3 is 10.5 Å². The Hall–Kier alpha value is -0.380. The van der Waals surface area contributed by atoms with Gasteiger partial charge in [0.2, 0.25) is 0 Å². The Morgan fingerprint density at radius 3 is 2.93 bits per heavy atom. The minimum absolute atomic E-state index is 0.237. The van der Waals surface area contributed by atoms with Crippen LogP contribution < -0.4 is 5.73 Å². The van der Waals surface area contributed by atoms with Gasteiger partial charge in [-0.3, -0.25) is 0 Å². The van der Waals surface area contributed by atoms with E-state index in [0.29, 0.717) is 6.54 Å². The third-order valence-electron chi connectivity index (χ3n) is 2.59. The molecule has 1 fully saturated rings. The van der Waals surface area contributed by atoms with E-state index >= 15 is 0 Å². The van der Waals surface area contributed by atoms with E-state index in [2.05, 4.69) is 28.1 Å². The van der Waals surface area contributed by atoms with E-state index in [0.717, 1.165) is 17.3 Å². The Balaban J connectivity index is 2.09. The fourth-order valence-corrected chi connectivity index (χ4v) is 2.25. The Bertz CT molecular complexity index is 316. The van der Waals surface area contributed by atoms with Crippen LogP contribution in [0.3, 0.4) is 0 Å². The topological polar surface area (TPSA) is 35.2 Å². The lowest BCUT2D eigenvalue weighted by Gasteiger charge is -2.12. The maximum atomic E-state index is 5.81. The van der Waals surface area contributed by atoms with Gasteiger partial charge in [-0.2, -0.15) is 0 Å². The monoisotopic (exact) mass is 255 g/mol. The molecular weight excluding hydrogens is 242 g/mol. The molecule has 0 spiro atoms. The van der Waals surface area contributed by atoms with Crippen molar-refractivity contribution in [1.82, 2.24) is 0 Å². The fraction of sp³-hybridized carbons (Fsp3) is 0.455. The summed E-state index contributed by atoms with van der Waals surface area (Å²) in [7, 11) is 0. The summed E-state index contributed by atoms with van der Waals surface area (Å²) >= 11 is 3.46. The van der Waals surface area contributed by atoms with E-state index in [-0.39, 0.29) is 12.2 Å². The van der Waals surface area contributed by atoms with E-state index in [4.69, 9.17) is 10.5 Å². The number of rotatable bonds is 2. The second-order valence-corrected chi connectivity index (χ2v) is 4.53. The average Bonchev–Trinajstić information content (AvgIpc) is 2.66. The van der Waals surface area contributed by atoms with Crippen molar-refractivity contribution in [2.45, 2.75) is 25.0 Å². The van der Waals surface area contributed by atoms with Crippen LogP contribution in [-0.2, 0) is 4.74 Å². The lowest BCUT2D eigenvalue weighted by atomic mass is 10.1. The smallest absolute Gasteiger partial charge is 0.0830 e. The van der Waals surface area contributed by atoms with Crippen molar-refractivity contribution in [3.05, 3.63) is 34.3 Å². The Kier molecular flexibility index (Phi) is 3.21. The summed E-state index contributed by atoms with van der Waals surface area (Å²) in [4.78, 5) is 0. The highest BCUT2D eigenvalue weighted by Gasteiger charge is 2.25. The van der Waals surface area contributed by atoms with Crippen LogP contribution in [0.25, 0.3) is 0 Å². The van der Waals surface area contributed by atoms with Crippen LogP contribution in [0.15, 0.2) is 28.7 Å². The van der Waals surface area contributed by atoms with Crippen LogP contribution >= 0.6 is 15.9 Å². The number of benzene rings is 1. The average molecular weight is 256 g/mol. The zero-order valence-electron chi connectivity index (χ0n) is 7.95. The molecule has 2 nitrogen and oxygen atoms in total. The van der Waals surface area contributed by atoms with Gasteiger partial charge in [0.15, 0.2) is 0 Å². The number of hydrogen-bond donors (Lipinski definition) is 1. The molecule has 1 saturated heterocycles. The van der Waals surface area contributed by atoms with Crippen molar-refractivity contribution in [2.75, 3.05) is 6.54 Å². The summed E-state index contributed by atoms with van der Waals surface area (Å²) in [6, 6.07) is 8.29. The summed E-state index contributed by atoms with van der Waals surface area (Å²) in [5.41, 5.74) is 6.82. The molecule has 3 heteroatoms. The summed E-state index contributed by atoms with van der Waals surface area (Å²) in [5, 5.41) is 0. The first kappa shape index (κ1) is 10.1. The molecule has 2 unspecified atom stereocenters. The number of nitrogens with two attached hydrogens (primary N) is 1. The van der Waals surface area contributed by atoms with Crippen LogP contribution in [0.1, 0.15) is 24.5 Å². The zero-order valence-corrected chi connectivity index (χ0v) is 9.53. The van der Waals surface area contributed by atoms with Crippen molar-refractivity contribution in [3.63, 3.8) is 0 Å². The van der Waals surface area contributed by atoms with Crippen molar-refractivity contribution in [1.29, 1.82) is 0 Å². The van der Waals surface area contributed by atoms with Crippen molar-refractivity contribution < 1.29 is 4.74 Å². The second-order valence-electron chi connectivity index (χ2n) is 3.61. The zero-order chi connectivity index (χ0) is 9.97. The highest BCUT2D eigenvalue weighted by atomic mass is 79.9. The maximum Gasteiger partial charge on any atom is 0.0830 e. The molecule has 2 N–H and O–H groups in total. The van der Waals surface area contributed by atoms with Crippen LogP contribution in [0, 0.1) is 0 Å². The largest absolute Gasteiger partial charge is 0.369 e. The van der Waals surface area contributed by atoms with E-state index in [1.165, 1.54) is 5.56 Å². The maximum absolute atomic E-state index is 5.81. The lowest BCUT2D eigenvalue weighted by molar-refractivity contribution is 0.0498. The molecular formula is C11H14BrNO. The first-order valence-electron chi connectivity index (χ1n) is 4.90. The van der Waals surface area contributed by atoms with Gasteiger partial charge in [-0.05, 0) is 30.5 Å². The second kappa shape index (κ2) is 4.43. The molecule has 14 heavy (non-hydrogen) atoms. The van der Waals surface area contributed by atoms with E-state index in [1.807, 2.05) is 12.1 Å². The molecule has 1 aromatic rings. The highest BCUT2D eigenvalue weighted by molar-refractivity contribution is 9.10. The minimum Gasteiger partial charge on any atom is -0.369 e. The Morgan fingerprint density at radius 1 is 1.43 bits per heavy atom. The molecule has 0 aromatic heterocycles. The molecule has 1 aliphatic heterocycles. The van der Waals surface area contributed by atoms with Gasteiger partial charge in [0.05, 0.1) is 12.2 Å². The lowest BCUT2D eigenvalue weighted by Crippen LogP contribution is -2.18. The molecule has 76 valence electrons. The highest BCUT2D eigenvalue weighted by Crippen LogP contribution is 2.33. The predicted octanol–water partition coefficient (Wildman–Crippen LogP) is 2.63. The number of ether oxygens (including phenoxy) is 1. The first-order valence-corrected chi connectivity index (χ1v) is 5.70. The first-order chi connectivity index (χ1) is 6.79. The molecule has 0 bridgehead atoms. The summed E-state index contributed by atoms with van der Waals surface area (Å²) in [6.07, 6.45) is 2.64. The van der Waals surface area contributed by atoms with Crippen LogP contribution in [0.5, 0.6) is 0 Å². The molecule has 1 heterocycles. The van der Waals surface area contributed by atoms with Gasteiger partial charge in [-0.15, -0.1) is 0 Å². The van der Waals surface area contributed by atoms with Gasteiger partial charge in [0.25, 0.3) is 0 Å². The van der Waals surface area contributed by atoms with Crippen LogP contribution in [0.2, 0.25) is 0 Å². The summed E-state index contributed by atoms with van der Waals surface area (Å²) in [5.74, 6) is 0. The summed E-state index contributed by atoms with van der Waals surface area (Å²) < 4.78 is 6.91. The third-order valence-corrected chi connectivity index (χ3v) is 3.08. The number of halogens is 1. The normalized spacial score (nSPS) is 26.7. The molecule has 2 atom stereocenters. The molecule has 0 radical (unpaired) electrons. The van der Waals surface area contributed by atoms with E-state index in [9.17, 15) is 0 Å². The van der Waals surface area contributed by atoms with Gasteiger partial charge in [0, 0.05) is 11.0 Å². The van der Waals surface area contributed by atoms with Gasteiger partial charge in [-0.25, -0.2) is 0 Å². The van der Waals surface area contributed by atoms with E-state index in [1.54, 1.807) is 0 Å². The SMILES string of the molecule is NCC1CCC(c2cccc(Br)c2)O1. The standard InChI is InChI=1S/C11H14BrNO/c12-9-3-1-2-8(6-9)11-5-4-10(7-13)14-11/h1-3,6,10-11H,4-5,7,13H2. The quantitative estimate of drug-likeness (QED) is 0.882. The van der Waals surface area contributed by atoms with Crippen molar-refractivity contribution in [3.8, 4) is 0 Å². The van der Waals surface area contributed by atoms with Gasteiger partial charge >= 0.3 is 0 Å². The van der Waals surface area contributed by atoms with E-state index < -0.39 is 0 Å². The Morgan fingerprint density at radius 2 is 2.29 bits per heavy atom. The molecule has 2 rings (SSSR count). The van der Waals surface area contributed by atoms with Crippen LogP contribution in [-0.4, -0.2) is 12.6 Å². The molecule has 1 aliphatic rings. The minimum atomic E-state index is 0.237. The third kappa shape index (κ3) is 2.16. The Labute approximate surface area is 92.6 Å². The molecule has 0 saturated carbocycles. The predicted molar refractivity (Wildman–Crippen MR) is 60.0 cm³/mol. The van der Waals surface area contributed by atoms with Gasteiger partial charge in [0.1, 0.15) is 0 Å². The molecule has 0 aliphatic carbocycles. The van der Waals surface area contributed by atoms with Crippen LogP contribution in [0.4, 0.5) is 0 Å². The summed E-state index contributed by atoms with van der Waals surface area (Å²) in [6.45, 7) is 0.629. The van der Waals surface area contributed by atoms with Gasteiger partial charge in [-0.1, -0.05) is 28.1 Å². The number of hydrogen-bond acceptors (Lipinski definition) is 2. The van der Waals surface area contributed by atoms with Crippen molar-refractivity contribution >= 4 is 15.9 Å². The van der Waals surface area contributed by atoms with Crippen molar-refractivity contribution in [2.24, 2.45) is 5.73 Å².